The predicted molar refractivity (Wildman–Crippen MR) is 248 cm³/mol. The number of quaternary nitrogens is 1. The number of rotatable bonds is 43. The topological polar surface area (TPSA) is 99.1 Å². The molecule has 0 bridgehead atoms. The molecule has 0 spiro atoms. The molecule has 2 atom stereocenters. The van der Waals surface area contributed by atoms with Crippen LogP contribution in [-0.2, 0) is 28.6 Å². The average Bonchev–Trinajstić information content (AvgIpc) is 3.19. The summed E-state index contributed by atoms with van der Waals surface area (Å²) in [7, 11) is 5.53. The maximum Gasteiger partial charge on any atom is 0.362 e. The number of nitrogens with zero attached hydrogens (tertiary/aromatic N) is 1. The van der Waals surface area contributed by atoms with Crippen LogP contribution in [0.4, 0.5) is 0 Å². The molecular formula is C51H92NO7+. The minimum Gasteiger partial charge on any atom is -0.477 e. The molecule has 0 radical (unpaired) electrons. The van der Waals surface area contributed by atoms with Gasteiger partial charge in [0.2, 0.25) is 0 Å². The van der Waals surface area contributed by atoms with Crippen molar-refractivity contribution in [3.05, 3.63) is 48.6 Å². The van der Waals surface area contributed by atoms with E-state index in [1.54, 1.807) is 0 Å². The van der Waals surface area contributed by atoms with E-state index in [9.17, 15) is 19.5 Å². The first-order valence-corrected chi connectivity index (χ1v) is 24.2. The van der Waals surface area contributed by atoms with Crippen molar-refractivity contribution in [1.82, 2.24) is 0 Å². The second kappa shape index (κ2) is 42.0. The third-order valence-electron chi connectivity index (χ3n) is 10.8. The first kappa shape index (κ1) is 56.3. The highest BCUT2D eigenvalue weighted by Crippen LogP contribution is 2.15. The van der Waals surface area contributed by atoms with E-state index in [1.807, 2.05) is 21.1 Å². The fourth-order valence-corrected chi connectivity index (χ4v) is 7.03. The van der Waals surface area contributed by atoms with Gasteiger partial charge in [-0.05, 0) is 57.8 Å². The van der Waals surface area contributed by atoms with E-state index in [2.05, 4.69) is 62.5 Å². The lowest BCUT2D eigenvalue weighted by Crippen LogP contribution is -2.50. The molecule has 2 unspecified atom stereocenters. The fraction of sp³-hybridized carbons (Fsp3) is 0.784. The Morgan fingerprint density at radius 3 is 1.44 bits per heavy atom. The number of likely N-dealkylation sites (N-methyl/N-ethyl adjacent to an activating group) is 1. The van der Waals surface area contributed by atoms with E-state index in [4.69, 9.17) is 14.2 Å². The Hall–Kier alpha value is -2.71. The molecule has 0 aliphatic carbocycles. The zero-order chi connectivity index (χ0) is 43.5. The zero-order valence-electron chi connectivity index (χ0n) is 39.0. The van der Waals surface area contributed by atoms with Crippen molar-refractivity contribution >= 4 is 17.9 Å². The van der Waals surface area contributed by atoms with Gasteiger partial charge in [0.15, 0.2) is 12.1 Å². The summed E-state index contributed by atoms with van der Waals surface area (Å²) in [5.74, 6) is -1.48. The molecule has 8 heteroatoms. The first-order chi connectivity index (χ1) is 28.6. The van der Waals surface area contributed by atoms with Gasteiger partial charge in [0.05, 0.1) is 34.4 Å². The van der Waals surface area contributed by atoms with Crippen molar-refractivity contribution in [1.29, 1.82) is 0 Å². The monoisotopic (exact) mass is 831 g/mol. The zero-order valence-corrected chi connectivity index (χ0v) is 39.0. The number of hydrogen-bond acceptors (Lipinski definition) is 6. The molecular weight excluding hydrogens is 739 g/mol. The molecule has 0 heterocycles. The van der Waals surface area contributed by atoms with E-state index >= 15 is 0 Å². The molecule has 0 saturated carbocycles. The number of aliphatic carboxylic acids is 1. The molecule has 342 valence electrons. The number of carboxylic acid groups (broad SMARTS) is 1. The van der Waals surface area contributed by atoms with E-state index < -0.39 is 18.1 Å². The van der Waals surface area contributed by atoms with Crippen LogP contribution >= 0.6 is 0 Å². The molecule has 0 aromatic heterocycles. The Morgan fingerprint density at radius 1 is 0.525 bits per heavy atom. The summed E-state index contributed by atoms with van der Waals surface area (Å²) in [5.41, 5.74) is 0. The number of unbranched alkanes of at least 4 members (excludes halogenated alkanes) is 23. The smallest absolute Gasteiger partial charge is 0.362 e. The molecule has 8 nitrogen and oxygen atoms in total. The van der Waals surface area contributed by atoms with Crippen molar-refractivity contribution in [2.45, 2.75) is 219 Å². The van der Waals surface area contributed by atoms with Gasteiger partial charge < -0.3 is 23.8 Å². The summed E-state index contributed by atoms with van der Waals surface area (Å²) in [4.78, 5) is 37.1. The van der Waals surface area contributed by atoms with Gasteiger partial charge in [0, 0.05) is 19.3 Å². The van der Waals surface area contributed by atoms with Crippen LogP contribution in [0.15, 0.2) is 48.6 Å². The van der Waals surface area contributed by atoms with E-state index in [0.717, 1.165) is 51.4 Å². The van der Waals surface area contributed by atoms with Crippen LogP contribution < -0.4 is 0 Å². The molecule has 59 heavy (non-hydrogen) atoms. The number of ether oxygens (including phenoxy) is 3. The van der Waals surface area contributed by atoms with Gasteiger partial charge >= 0.3 is 17.9 Å². The normalized spacial score (nSPS) is 13.3. The lowest BCUT2D eigenvalue weighted by atomic mass is 10.1. The summed E-state index contributed by atoms with van der Waals surface area (Å²) in [5, 5.41) is 9.64. The average molecular weight is 831 g/mol. The van der Waals surface area contributed by atoms with Crippen molar-refractivity contribution in [3.8, 4) is 0 Å². The highest BCUT2D eigenvalue weighted by molar-refractivity contribution is 5.72. The predicted octanol–water partition coefficient (Wildman–Crippen LogP) is 13.6. The number of hydrogen-bond donors (Lipinski definition) is 1. The van der Waals surface area contributed by atoms with Gasteiger partial charge in [-0.25, -0.2) is 4.79 Å². The van der Waals surface area contributed by atoms with Gasteiger partial charge in [-0.15, -0.1) is 0 Å². The molecule has 0 amide bonds. The molecule has 0 fully saturated rings. The number of carboxylic acids is 1. The van der Waals surface area contributed by atoms with E-state index in [0.29, 0.717) is 19.3 Å². The standard InChI is InChI=1S/C51H91NO7/c1-6-8-10-12-14-16-18-20-22-23-24-25-26-28-30-32-34-36-38-40-42-50(54)59-47(45-57-44-43-48(51(55)56)52(3,4)5)46-58-49(53)41-39-37-35-33-31-29-27-21-19-17-15-13-11-9-7-2/h9,11,13,15,17,19,24-25,47-48H,6-8,10,12,14,16,18,20-23,26-46H2,1-5H3/p+1/b11-9+,15-13+,19-17+,25-24+. The minimum atomic E-state index is -0.878. The Bertz CT molecular complexity index is 1110. The Balaban J connectivity index is 4.29. The summed E-state index contributed by atoms with van der Waals surface area (Å²) < 4.78 is 17.3. The van der Waals surface area contributed by atoms with Crippen LogP contribution in [0.2, 0.25) is 0 Å². The van der Waals surface area contributed by atoms with Crippen molar-refractivity contribution in [2.75, 3.05) is 41.0 Å². The largest absolute Gasteiger partial charge is 0.477 e. The SMILES string of the molecule is CC/C=C/C=C/C=C/CCCCCCCCCC(=O)OCC(COCCC(C(=O)O)[N+](C)(C)C)OC(=O)CCCCCCCCC/C=C/CCCCCCCCCCC. The first-order valence-electron chi connectivity index (χ1n) is 24.2. The minimum absolute atomic E-state index is 0.0553. The van der Waals surface area contributed by atoms with E-state index in [1.165, 1.54) is 122 Å². The quantitative estimate of drug-likeness (QED) is 0.0215. The van der Waals surface area contributed by atoms with Crippen LogP contribution in [0.5, 0.6) is 0 Å². The third kappa shape index (κ3) is 40.5. The van der Waals surface area contributed by atoms with Gasteiger partial charge in [-0.3, -0.25) is 9.59 Å². The number of carbonyl (C=O) groups excluding carboxylic acids is 2. The van der Waals surface area contributed by atoms with E-state index in [-0.39, 0.29) is 36.2 Å². The van der Waals surface area contributed by atoms with Crippen LogP contribution in [-0.4, -0.2) is 80.6 Å². The maximum atomic E-state index is 12.8. The van der Waals surface area contributed by atoms with Gasteiger partial charge in [0.1, 0.15) is 6.61 Å². The highest BCUT2D eigenvalue weighted by Gasteiger charge is 2.31. The fourth-order valence-electron chi connectivity index (χ4n) is 7.03. The second-order valence-electron chi connectivity index (χ2n) is 17.4. The van der Waals surface area contributed by atoms with Crippen LogP contribution in [0.25, 0.3) is 0 Å². The number of allylic oxidation sites excluding steroid dienone is 8. The Labute approximate surface area is 363 Å². The summed E-state index contributed by atoms with van der Waals surface area (Å²) >= 11 is 0. The summed E-state index contributed by atoms with van der Waals surface area (Å²) in [6.45, 7) is 4.60. The van der Waals surface area contributed by atoms with Crippen LogP contribution in [0.1, 0.15) is 206 Å². The van der Waals surface area contributed by atoms with Crippen molar-refractivity contribution in [3.63, 3.8) is 0 Å². The van der Waals surface area contributed by atoms with Crippen molar-refractivity contribution in [2.24, 2.45) is 0 Å². The number of esters is 2. The third-order valence-corrected chi connectivity index (χ3v) is 10.8. The molecule has 0 aromatic carbocycles. The summed E-state index contributed by atoms with van der Waals surface area (Å²) in [6, 6.07) is -0.618. The lowest BCUT2D eigenvalue weighted by molar-refractivity contribution is -0.887. The molecule has 0 aromatic rings. The van der Waals surface area contributed by atoms with Gasteiger partial charge in [-0.2, -0.15) is 0 Å². The maximum absolute atomic E-state index is 12.8. The van der Waals surface area contributed by atoms with Crippen LogP contribution in [0.3, 0.4) is 0 Å². The Morgan fingerprint density at radius 2 is 0.966 bits per heavy atom. The second-order valence-corrected chi connectivity index (χ2v) is 17.4. The molecule has 0 aliphatic rings. The van der Waals surface area contributed by atoms with Gasteiger partial charge in [0.25, 0.3) is 0 Å². The lowest BCUT2D eigenvalue weighted by Gasteiger charge is -2.31. The molecule has 0 rings (SSSR count). The summed E-state index contributed by atoms with van der Waals surface area (Å²) in [6.07, 6.45) is 50.1. The highest BCUT2D eigenvalue weighted by atomic mass is 16.6. The van der Waals surface area contributed by atoms with Gasteiger partial charge in [-0.1, -0.05) is 178 Å². The number of carbonyl (C=O) groups is 3. The van der Waals surface area contributed by atoms with Crippen LogP contribution in [0, 0.1) is 0 Å². The molecule has 0 saturated heterocycles. The van der Waals surface area contributed by atoms with Crippen molar-refractivity contribution < 1.29 is 38.2 Å². The molecule has 1 N–H and O–H groups in total. The Kier molecular flexibility index (Phi) is 40.1. The molecule has 0 aliphatic heterocycles.